The number of fused-ring (bicyclic) bond motifs is 1. The molecule has 0 saturated carbocycles. The number of nitrogens with one attached hydrogen (secondary N) is 1. The van der Waals surface area contributed by atoms with Crippen molar-refractivity contribution in [1.29, 1.82) is 0 Å². The van der Waals surface area contributed by atoms with Crippen molar-refractivity contribution in [3.63, 3.8) is 0 Å². The second kappa shape index (κ2) is 9.68. The highest BCUT2D eigenvalue weighted by molar-refractivity contribution is 7.89. The molecule has 0 atom stereocenters. The second-order valence-electron chi connectivity index (χ2n) is 7.29. The number of aromatic nitrogens is 2. The van der Waals surface area contributed by atoms with Crippen LogP contribution in [-0.2, 0) is 14.8 Å². The third-order valence-corrected chi connectivity index (χ3v) is 7.30. The van der Waals surface area contributed by atoms with Crippen molar-refractivity contribution in [2.75, 3.05) is 46.0 Å². The normalized spacial score (nSPS) is 15.2. The summed E-state index contributed by atoms with van der Waals surface area (Å²) in [5, 5.41) is 0.559. The van der Waals surface area contributed by atoms with E-state index in [2.05, 4.69) is 9.97 Å². The van der Waals surface area contributed by atoms with Crippen molar-refractivity contribution in [2.24, 2.45) is 0 Å². The first-order valence-corrected chi connectivity index (χ1v) is 12.0. The smallest absolute Gasteiger partial charge is 0.257 e. The molecule has 10 heteroatoms. The fourth-order valence-electron chi connectivity index (χ4n) is 3.71. The summed E-state index contributed by atoms with van der Waals surface area (Å²) in [6, 6.07) is 10.5. The minimum Gasteiger partial charge on any atom is -0.490 e. The second-order valence-corrected chi connectivity index (χ2v) is 9.20. The van der Waals surface area contributed by atoms with Gasteiger partial charge in [-0.05, 0) is 31.2 Å². The van der Waals surface area contributed by atoms with Gasteiger partial charge in [-0.25, -0.2) is 13.4 Å². The molecule has 3 heterocycles. The van der Waals surface area contributed by atoms with Crippen molar-refractivity contribution < 1.29 is 22.7 Å². The molecular weight excluding hydrogens is 432 g/mol. The van der Waals surface area contributed by atoms with E-state index < -0.39 is 10.0 Å². The van der Waals surface area contributed by atoms with E-state index in [1.165, 1.54) is 10.5 Å². The van der Waals surface area contributed by atoms with Crippen LogP contribution in [0.25, 0.3) is 11.0 Å². The lowest BCUT2D eigenvalue weighted by atomic mass is 10.1. The lowest BCUT2D eigenvalue weighted by Gasteiger charge is -2.34. The molecule has 0 bridgehead atoms. The third-order valence-electron chi connectivity index (χ3n) is 5.36. The van der Waals surface area contributed by atoms with Gasteiger partial charge in [-0.1, -0.05) is 12.1 Å². The zero-order valence-corrected chi connectivity index (χ0v) is 18.7. The SMILES string of the molecule is CCOCCOc1ccccc1C(=O)N1CCN(S(=O)(=O)c2c[nH]c3ncccc23)CC1. The highest BCUT2D eigenvalue weighted by Crippen LogP contribution is 2.26. The van der Waals surface area contributed by atoms with Gasteiger partial charge >= 0.3 is 0 Å². The Bertz CT molecular complexity index is 1190. The van der Waals surface area contributed by atoms with Gasteiger partial charge in [-0.3, -0.25) is 4.79 Å². The molecular formula is C22H26N4O5S. The number of aromatic amines is 1. The van der Waals surface area contributed by atoms with Crippen molar-refractivity contribution in [3.8, 4) is 5.75 Å². The van der Waals surface area contributed by atoms with Crippen LogP contribution in [0.15, 0.2) is 53.7 Å². The predicted octanol–water partition coefficient (Wildman–Crippen LogP) is 2.12. The van der Waals surface area contributed by atoms with Crippen LogP contribution in [0.1, 0.15) is 17.3 Å². The van der Waals surface area contributed by atoms with Crippen LogP contribution < -0.4 is 4.74 Å². The van der Waals surface area contributed by atoms with Crippen molar-refractivity contribution in [2.45, 2.75) is 11.8 Å². The lowest BCUT2D eigenvalue weighted by Crippen LogP contribution is -2.50. The lowest BCUT2D eigenvalue weighted by molar-refractivity contribution is 0.0688. The van der Waals surface area contributed by atoms with Gasteiger partial charge in [0.2, 0.25) is 10.0 Å². The number of rotatable bonds is 8. The Morgan fingerprint density at radius 3 is 2.66 bits per heavy atom. The average Bonchev–Trinajstić information content (AvgIpc) is 3.27. The Hall–Kier alpha value is -2.95. The van der Waals surface area contributed by atoms with E-state index in [0.717, 1.165) is 0 Å². The number of benzene rings is 1. The molecule has 1 aliphatic heterocycles. The molecule has 0 spiro atoms. The topological polar surface area (TPSA) is 105 Å². The monoisotopic (exact) mass is 458 g/mol. The zero-order valence-electron chi connectivity index (χ0n) is 17.9. The van der Waals surface area contributed by atoms with E-state index >= 15 is 0 Å². The Labute approximate surface area is 187 Å². The molecule has 1 saturated heterocycles. The molecule has 1 fully saturated rings. The van der Waals surface area contributed by atoms with Crippen LogP contribution in [0.4, 0.5) is 0 Å². The van der Waals surface area contributed by atoms with Gasteiger partial charge in [-0.2, -0.15) is 4.31 Å². The number of sulfonamides is 1. The molecule has 4 rings (SSSR count). The maximum Gasteiger partial charge on any atom is 0.257 e. The number of hydrogen-bond acceptors (Lipinski definition) is 6. The van der Waals surface area contributed by atoms with E-state index in [1.54, 1.807) is 41.4 Å². The molecule has 1 aliphatic rings. The molecule has 1 amide bonds. The maximum atomic E-state index is 13.2. The summed E-state index contributed by atoms with van der Waals surface area (Å²) in [7, 11) is -3.70. The first-order valence-electron chi connectivity index (χ1n) is 10.5. The number of ether oxygens (including phenoxy) is 2. The van der Waals surface area contributed by atoms with Crippen molar-refractivity contribution >= 4 is 27.0 Å². The summed E-state index contributed by atoms with van der Waals surface area (Å²) in [6.45, 7) is 4.34. The zero-order chi connectivity index (χ0) is 22.6. The molecule has 32 heavy (non-hydrogen) atoms. The van der Waals surface area contributed by atoms with Gasteiger partial charge < -0.3 is 19.4 Å². The molecule has 1 aromatic carbocycles. The van der Waals surface area contributed by atoms with Gasteiger partial charge in [0.25, 0.3) is 5.91 Å². The number of para-hydroxylation sites is 1. The molecule has 0 radical (unpaired) electrons. The summed E-state index contributed by atoms with van der Waals surface area (Å²) in [5.74, 6) is 0.323. The van der Waals surface area contributed by atoms with Crippen LogP contribution in [0.3, 0.4) is 0 Å². The molecule has 0 aliphatic carbocycles. The summed E-state index contributed by atoms with van der Waals surface area (Å²) in [6.07, 6.45) is 3.08. The summed E-state index contributed by atoms with van der Waals surface area (Å²) in [5.41, 5.74) is 0.990. The molecule has 2 aromatic heterocycles. The fourth-order valence-corrected chi connectivity index (χ4v) is 5.28. The third kappa shape index (κ3) is 4.47. The van der Waals surface area contributed by atoms with Crippen LogP contribution in [-0.4, -0.2) is 79.5 Å². The number of pyridine rings is 1. The quantitative estimate of drug-likeness (QED) is 0.519. The Balaban J connectivity index is 1.43. The van der Waals surface area contributed by atoms with Gasteiger partial charge in [0, 0.05) is 50.6 Å². The molecule has 3 aromatic rings. The summed E-state index contributed by atoms with van der Waals surface area (Å²) in [4.78, 5) is 22.0. The minimum atomic E-state index is -3.70. The standard InChI is InChI=1S/C22H26N4O5S/c1-2-30-14-15-31-19-8-4-3-6-17(19)22(27)25-10-12-26(13-11-25)32(28,29)20-16-24-21-18(20)7-5-9-23-21/h3-9,16H,2,10-15H2,1H3,(H,23,24). The Kier molecular flexibility index (Phi) is 6.73. The molecule has 1 N–H and O–H groups in total. The van der Waals surface area contributed by atoms with Crippen molar-refractivity contribution in [3.05, 3.63) is 54.4 Å². The van der Waals surface area contributed by atoms with Crippen LogP contribution in [0, 0.1) is 0 Å². The van der Waals surface area contributed by atoms with E-state index in [4.69, 9.17) is 9.47 Å². The molecule has 0 unspecified atom stereocenters. The Morgan fingerprint density at radius 2 is 1.88 bits per heavy atom. The highest BCUT2D eigenvalue weighted by Gasteiger charge is 2.32. The first-order chi connectivity index (χ1) is 15.5. The largest absolute Gasteiger partial charge is 0.490 e. The van der Waals surface area contributed by atoms with E-state index in [0.29, 0.717) is 55.3 Å². The number of amides is 1. The van der Waals surface area contributed by atoms with Gasteiger partial charge in [0.15, 0.2) is 0 Å². The van der Waals surface area contributed by atoms with E-state index in [-0.39, 0.29) is 23.9 Å². The number of carbonyl (C=O) groups is 1. The highest BCUT2D eigenvalue weighted by atomic mass is 32.2. The molecule has 9 nitrogen and oxygen atoms in total. The number of H-pyrrole nitrogens is 1. The van der Waals surface area contributed by atoms with E-state index in [1.807, 2.05) is 13.0 Å². The van der Waals surface area contributed by atoms with Crippen molar-refractivity contribution in [1.82, 2.24) is 19.2 Å². The average molecular weight is 459 g/mol. The van der Waals surface area contributed by atoms with Gasteiger partial charge in [0.05, 0.1) is 12.2 Å². The Morgan fingerprint density at radius 1 is 1.09 bits per heavy atom. The van der Waals surface area contributed by atoms with Crippen LogP contribution in [0.2, 0.25) is 0 Å². The van der Waals surface area contributed by atoms with Crippen LogP contribution in [0.5, 0.6) is 5.75 Å². The minimum absolute atomic E-state index is 0.176. The number of nitrogens with zero attached hydrogens (tertiary/aromatic N) is 3. The first kappa shape index (κ1) is 22.3. The number of piperazine rings is 1. The van der Waals surface area contributed by atoms with Gasteiger partial charge in [0.1, 0.15) is 22.9 Å². The number of carbonyl (C=O) groups excluding carboxylic acids is 1. The fraction of sp³-hybridized carbons (Fsp3) is 0.364. The number of hydrogen-bond donors (Lipinski definition) is 1. The van der Waals surface area contributed by atoms with E-state index in [9.17, 15) is 13.2 Å². The maximum absolute atomic E-state index is 13.2. The van der Waals surface area contributed by atoms with Crippen LogP contribution >= 0.6 is 0 Å². The summed E-state index contributed by atoms with van der Waals surface area (Å²) < 4.78 is 38.8. The predicted molar refractivity (Wildman–Crippen MR) is 119 cm³/mol. The van der Waals surface area contributed by atoms with Gasteiger partial charge in [-0.15, -0.1) is 0 Å². The summed E-state index contributed by atoms with van der Waals surface area (Å²) >= 11 is 0. The molecule has 170 valence electrons.